The summed E-state index contributed by atoms with van der Waals surface area (Å²) < 4.78 is 6.03. The van der Waals surface area contributed by atoms with Gasteiger partial charge in [0.05, 0.1) is 12.6 Å². The average Bonchev–Trinajstić information content (AvgIpc) is 2.83. The van der Waals surface area contributed by atoms with E-state index in [4.69, 9.17) is 4.74 Å². The van der Waals surface area contributed by atoms with Crippen LogP contribution in [-0.2, 0) is 23.2 Å². The Bertz CT molecular complexity index is 1300. The molecular formula is C30H30N2O2. The van der Waals surface area contributed by atoms with E-state index in [1.807, 2.05) is 54.6 Å². The van der Waals surface area contributed by atoms with Gasteiger partial charge in [0.25, 0.3) is 0 Å². The van der Waals surface area contributed by atoms with E-state index in [1.54, 1.807) is 6.21 Å². The quantitative estimate of drug-likeness (QED) is 0.261. The Labute approximate surface area is 201 Å². The lowest BCUT2D eigenvalue weighted by Crippen LogP contribution is -2.20. The Balaban J connectivity index is 1.32. The van der Waals surface area contributed by atoms with Gasteiger partial charge in [0.2, 0.25) is 5.91 Å². The van der Waals surface area contributed by atoms with Gasteiger partial charge in [0, 0.05) is 0 Å². The van der Waals surface area contributed by atoms with E-state index in [0.717, 1.165) is 22.4 Å². The minimum atomic E-state index is -0.150. The van der Waals surface area contributed by atoms with Crippen molar-refractivity contribution in [3.63, 3.8) is 0 Å². The van der Waals surface area contributed by atoms with Crippen LogP contribution in [0.2, 0.25) is 0 Å². The van der Waals surface area contributed by atoms with Crippen LogP contribution in [-0.4, -0.2) is 12.1 Å². The summed E-state index contributed by atoms with van der Waals surface area (Å²) in [6, 6.07) is 30.3. The number of carbonyl (C=O) groups excluding carboxylic acids is 1. The van der Waals surface area contributed by atoms with E-state index in [1.165, 1.54) is 16.3 Å². The first-order valence-electron chi connectivity index (χ1n) is 11.5. The van der Waals surface area contributed by atoms with E-state index in [0.29, 0.717) is 6.61 Å². The second kappa shape index (κ2) is 10.3. The SMILES string of the molecule is CC(C)(C)c1ccc(CC(=O)N/N=C\c2cccc(OCc3cccc4ccccc34)c2)cc1. The monoisotopic (exact) mass is 450 g/mol. The molecule has 0 aliphatic rings. The van der Waals surface area contributed by atoms with Crippen molar-refractivity contribution in [2.75, 3.05) is 0 Å². The number of rotatable bonds is 7. The lowest BCUT2D eigenvalue weighted by molar-refractivity contribution is -0.120. The summed E-state index contributed by atoms with van der Waals surface area (Å²) in [5, 5.41) is 6.51. The Morgan fingerprint density at radius 3 is 2.44 bits per heavy atom. The molecule has 0 saturated heterocycles. The van der Waals surface area contributed by atoms with E-state index in [9.17, 15) is 4.79 Å². The zero-order chi connectivity index (χ0) is 24.0. The summed E-state index contributed by atoms with van der Waals surface area (Å²) in [7, 11) is 0. The Morgan fingerprint density at radius 1 is 0.912 bits per heavy atom. The molecule has 0 unspecified atom stereocenters. The van der Waals surface area contributed by atoms with E-state index >= 15 is 0 Å². The molecule has 0 aliphatic heterocycles. The number of hydrazone groups is 1. The first kappa shape index (κ1) is 23.2. The highest BCUT2D eigenvalue weighted by Crippen LogP contribution is 2.23. The van der Waals surface area contributed by atoms with Crippen molar-refractivity contribution < 1.29 is 9.53 Å². The van der Waals surface area contributed by atoms with Gasteiger partial charge in [-0.3, -0.25) is 4.79 Å². The number of fused-ring (bicyclic) bond motifs is 1. The normalized spacial score (nSPS) is 11.6. The predicted molar refractivity (Wildman–Crippen MR) is 139 cm³/mol. The molecule has 0 heterocycles. The molecule has 1 amide bonds. The smallest absolute Gasteiger partial charge is 0.244 e. The van der Waals surface area contributed by atoms with Crippen LogP contribution in [0.25, 0.3) is 10.8 Å². The van der Waals surface area contributed by atoms with Crippen molar-refractivity contribution in [2.24, 2.45) is 5.10 Å². The van der Waals surface area contributed by atoms with Gasteiger partial charge in [-0.2, -0.15) is 5.10 Å². The van der Waals surface area contributed by atoms with Gasteiger partial charge in [-0.25, -0.2) is 5.43 Å². The first-order valence-corrected chi connectivity index (χ1v) is 11.5. The third-order valence-electron chi connectivity index (χ3n) is 5.72. The lowest BCUT2D eigenvalue weighted by atomic mass is 9.86. The molecule has 172 valence electrons. The third-order valence-corrected chi connectivity index (χ3v) is 5.72. The summed E-state index contributed by atoms with van der Waals surface area (Å²) >= 11 is 0. The summed E-state index contributed by atoms with van der Waals surface area (Å²) in [5.74, 6) is 0.602. The van der Waals surface area contributed by atoms with Crippen LogP contribution >= 0.6 is 0 Å². The maximum atomic E-state index is 12.3. The van der Waals surface area contributed by atoms with Crippen LogP contribution in [0.4, 0.5) is 0 Å². The molecule has 1 N–H and O–H groups in total. The molecule has 0 spiro atoms. The Kier molecular flexibility index (Phi) is 7.07. The minimum absolute atomic E-state index is 0.0955. The largest absolute Gasteiger partial charge is 0.489 e. The van der Waals surface area contributed by atoms with Gasteiger partial charge in [-0.15, -0.1) is 0 Å². The van der Waals surface area contributed by atoms with Crippen LogP contribution < -0.4 is 10.2 Å². The highest BCUT2D eigenvalue weighted by molar-refractivity contribution is 5.85. The summed E-state index contributed by atoms with van der Waals surface area (Å²) in [6.45, 7) is 7.00. The number of carbonyl (C=O) groups is 1. The molecule has 34 heavy (non-hydrogen) atoms. The van der Waals surface area contributed by atoms with Crippen LogP contribution in [0.15, 0.2) is 96.1 Å². The fourth-order valence-electron chi connectivity index (χ4n) is 3.79. The van der Waals surface area contributed by atoms with Gasteiger partial charge in [0.15, 0.2) is 0 Å². The molecule has 0 atom stereocenters. The van der Waals surface area contributed by atoms with Gasteiger partial charge in [-0.05, 0) is 50.6 Å². The lowest BCUT2D eigenvalue weighted by Gasteiger charge is -2.19. The zero-order valence-electron chi connectivity index (χ0n) is 19.9. The fraction of sp³-hybridized carbons (Fsp3) is 0.200. The number of benzene rings is 4. The van der Waals surface area contributed by atoms with Crippen molar-refractivity contribution in [1.29, 1.82) is 0 Å². The highest BCUT2D eigenvalue weighted by atomic mass is 16.5. The molecule has 0 fully saturated rings. The molecule has 0 radical (unpaired) electrons. The van der Waals surface area contributed by atoms with Crippen LogP contribution in [0.3, 0.4) is 0 Å². The maximum absolute atomic E-state index is 12.3. The van der Waals surface area contributed by atoms with E-state index in [-0.39, 0.29) is 17.7 Å². The van der Waals surface area contributed by atoms with E-state index in [2.05, 4.69) is 67.7 Å². The summed E-state index contributed by atoms with van der Waals surface area (Å²) in [4.78, 5) is 12.3. The van der Waals surface area contributed by atoms with Crippen molar-refractivity contribution in [1.82, 2.24) is 5.43 Å². The zero-order valence-corrected chi connectivity index (χ0v) is 19.9. The second-order valence-electron chi connectivity index (χ2n) is 9.42. The molecule has 4 aromatic carbocycles. The number of amides is 1. The number of hydrogen-bond acceptors (Lipinski definition) is 3. The van der Waals surface area contributed by atoms with Gasteiger partial charge in [-0.1, -0.05) is 99.6 Å². The van der Waals surface area contributed by atoms with Crippen LogP contribution in [0.1, 0.15) is 43.0 Å². The van der Waals surface area contributed by atoms with Gasteiger partial charge < -0.3 is 4.74 Å². The average molecular weight is 451 g/mol. The molecular weight excluding hydrogens is 420 g/mol. The minimum Gasteiger partial charge on any atom is -0.489 e. The summed E-state index contributed by atoms with van der Waals surface area (Å²) in [5.41, 5.74) is 6.91. The molecule has 0 bridgehead atoms. The number of nitrogens with zero attached hydrogens (tertiary/aromatic N) is 1. The Morgan fingerprint density at radius 2 is 1.65 bits per heavy atom. The topological polar surface area (TPSA) is 50.7 Å². The van der Waals surface area contributed by atoms with Crippen molar-refractivity contribution >= 4 is 22.9 Å². The van der Waals surface area contributed by atoms with Crippen molar-refractivity contribution in [3.8, 4) is 5.75 Å². The second-order valence-corrected chi connectivity index (χ2v) is 9.42. The molecule has 0 saturated carbocycles. The van der Waals surface area contributed by atoms with Crippen LogP contribution in [0, 0.1) is 0 Å². The number of ether oxygens (including phenoxy) is 1. The molecule has 0 aliphatic carbocycles. The molecule has 4 nitrogen and oxygen atoms in total. The fourth-order valence-corrected chi connectivity index (χ4v) is 3.79. The van der Waals surface area contributed by atoms with Crippen LogP contribution in [0.5, 0.6) is 5.75 Å². The predicted octanol–water partition coefficient (Wildman–Crippen LogP) is 6.41. The molecule has 4 aromatic rings. The third kappa shape index (κ3) is 6.10. The standard InChI is InChI=1S/C30H30N2O2/c1-30(2,3)26-16-14-22(15-17-26)19-29(33)32-31-20-23-8-6-12-27(18-23)34-21-25-11-7-10-24-9-4-5-13-28(24)25/h4-18,20H,19,21H2,1-3H3,(H,32,33)/b31-20-. The Hall–Kier alpha value is -3.92. The van der Waals surface area contributed by atoms with Gasteiger partial charge >= 0.3 is 0 Å². The molecule has 0 aromatic heterocycles. The molecule has 4 heteroatoms. The highest BCUT2D eigenvalue weighted by Gasteiger charge is 2.13. The maximum Gasteiger partial charge on any atom is 0.244 e. The number of nitrogens with one attached hydrogen (secondary N) is 1. The summed E-state index contributed by atoms with van der Waals surface area (Å²) in [6.07, 6.45) is 1.92. The first-order chi connectivity index (χ1) is 16.4. The van der Waals surface area contributed by atoms with Crippen molar-refractivity contribution in [2.45, 2.75) is 39.2 Å². The molecule has 4 rings (SSSR count). The van der Waals surface area contributed by atoms with Crippen molar-refractivity contribution in [3.05, 3.63) is 113 Å². The van der Waals surface area contributed by atoms with Gasteiger partial charge in [0.1, 0.15) is 12.4 Å². The van der Waals surface area contributed by atoms with E-state index < -0.39 is 0 Å². The number of hydrogen-bond donors (Lipinski definition) is 1.